The average Bonchev–Trinajstić information content (AvgIpc) is 3.02. The normalized spacial score (nSPS) is 12.7. The first-order valence-corrected chi connectivity index (χ1v) is 6.82. The molecule has 5 nitrogen and oxygen atoms in total. The van der Waals surface area contributed by atoms with E-state index < -0.39 is 0 Å². The highest BCUT2D eigenvalue weighted by atomic mass is 15.2. The number of rotatable bonds is 5. The molecule has 1 atom stereocenters. The fourth-order valence-electron chi connectivity index (χ4n) is 2.28. The largest absolute Gasteiger partial charge is 0.304 e. The zero-order chi connectivity index (χ0) is 13.8. The molecule has 20 heavy (non-hydrogen) atoms. The van der Waals surface area contributed by atoms with Crippen molar-refractivity contribution in [1.82, 2.24) is 25.5 Å². The Morgan fingerprint density at radius 3 is 3.00 bits per heavy atom. The van der Waals surface area contributed by atoms with Crippen molar-refractivity contribution in [3.63, 3.8) is 0 Å². The maximum absolute atomic E-state index is 4.41. The van der Waals surface area contributed by atoms with Crippen LogP contribution in [-0.2, 0) is 0 Å². The van der Waals surface area contributed by atoms with Crippen LogP contribution in [0.4, 0.5) is 0 Å². The van der Waals surface area contributed by atoms with E-state index in [9.17, 15) is 0 Å². The standard InChI is InChI=1S/C15H17N5/c1-2-7-17-14(15-18-10-19-20-15)12-6-5-11-4-3-8-16-13(11)9-12/h3-6,8-10,14,17H,2,7H2,1H3,(H,18,19,20). The van der Waals surface area contributed by atoms with Crippen LogP contribution in [0.15, 0.2) is 42.9 Å². The number of fused-ring (bicyclic) bond motifs is 1. The number of benzene rings is 1. The second-order valence-electron chi connectivity index (χ2n) is 4.71. The van der Waals surface area contributed by atoms with Crippen LogP contribution < -0.4 is 5.32 Å². The first-order valence-electron chi connectivity index (χ1n) is 6.82. The molecule has 0 fully saturated rings. The van der Waals surface area contributed by atoms with Crippen molar-refractivity contribution in [2.75, 3.05) is 6.54 Å². The fourth-order valence-corrected chi connectivity index (χ4v) is 2.28. The molecular weight excluding hydrogens is 250 g/mol. The Labute approximate surface area is 117 Å². The van der Waals surface area contributed by atoms with Crippen molar-refractivity contribution in [3.05, 3.63) is 54.2 Å². The molecule has 0 aliphatic heterocycles. The van der Waals surface area contributed by atoms with Crippen molar-refractivity contribution >= 4 is 10.9 Å². The van der Waals surface area contributed by atoms with Crippen molar-refractivity contribution in [1.29, 1.82) is 0 Å². The third kappa shape index (κ3) is 2.53. The lowest BCUT2D eigenvalue weighted by Gasteiger charge is -2.16. The lowest BCUT2D eigenvalue weighted by molar-refractivity contribution is 0.574. The van der Waals surface area contributed by atoms with E-state index in [4.69, 9.17) is 0 Å². The van der Waals surface area contributed by atoms with Gasteiger partial charge in [-0.05, 0) is 30.7 Å². The van der Waals surface area contributed by atoms with Crippen LogP contribution in [0.25, 0.3) is 10.9 Å². The van der Waals surface area contributed by atoms with E-state index in [2.05, 4.69) is 56.7 Å². The van der Waals surface area contributed by atoms with Crippen LogP contribution in [0.5, 0.6) is 0 Å². The van der Waals surface area contributed by atoms with Gasteiger partial charge in [0.2, 0.25) is 0 Å². The third-order valence-electron chi connectivity index (χ3n) is 3.27. The van der Waals surface area contributed by atoms with Crippen LogP contribution >= 0.6 is 0 Å². The van der Waals surface area contributed by atoms with Gasteiger partial charge in [0, 0.05) is 11.6 Å². The van der Waals surface area contributed by atoms with E-state index >= 15 is 0 Å². The number of hydrogen-bond acceptors (Lipinski definition) is 4. The second kappa shape index (κ2) is 5.79. The van der Waals surface area contributed by atoms with Crippen LogP contribution in [0.1, 0.15) is 30.8 Å². The molecule has 102 valence electrons. The summed E-state index contributed by atoms with van der Waals surface area (Å²) in [5, 5.41) is 11.5. The summed E-state index contributed by atoms with van der Waals surface area (Å²) in [5.41, 5.74) is 2.13. The van der Waals surface area contributed by atoms with Gasteiger partial charge < -0.3 is 5.32 Å². The maximum atomic E-state index is 4.41. The highest BCUT2D eigenvalue weighted by molar-refractivity contribution is 5.79. The molecule has 5 heteroatoms. The van der Waals surface area contributed by atoms with Gasteiger partial charge in [0.05, 0.1) is 11.6 Å². The molecule has 3 rings (SSSR count). The summed E-state index contributed by atoms with van der Waals surface area (Å²) in [5.74, 6) is 0.828. The van der Waals surface area contributed by atoms with E-state index in [1.807, 2.05) is 12.3 Å². The van der Waals surface area contributed by atoms with Gasteiger partial charge in [-0.25, -0.2) is 4.98 Å². The van der Waals surface area contributed by atoms with E-state index in [0.717, 1.165) is 35.3 Å². The number of pyridine rings is 1. The Hall–Kier alpha value is -2.27. The molecule has 0 saturated heterocycles. The zero-order valence-corrected chi connectivity index (χ0v) is 11.4. The van der Waals surface area contributed by atoms with Gasteiger partial charge in [-0.2, -0.15) is 5.10 Å². The van der Waals surface area contributed by atoms with Gasteiger partial charge >= 0.3 is 0 Å². The highest BCUT2D eigenvalue weighted by Crippen LogP contribution is 2.22. The number of H-pyrrole nitrogens is 1. The van der Waals surface area contributed by atoms with Gasteiger partial charge in [-0.15, -0.1) is 0 Å². The fraction of sp³-hybridized carbons (Fsp3) is 0.267. The summed E-state index contributed by atoms with van der Waals surface area (Å²) >= 11 is 0. The van der Waals surface area contributed by atoms with Crippen LogP contribution in [-0.4, -0.2) is 26.7 Å². The summed E-state index contributed by atoms with van der Waals surface area (Å²) in [4.78, 5) is 8.69. The Kier molecular flexibility index (Phi) is 3.69. The van der Waals surface area contributed by atoms with E-state index in [1.165, 1.54) is 6.33 Å². The first kappa shape index (κ1) is 12.7. The summed E-state index contributed by atoms with van der Waals surface area (Å²) < 4.78 is 0. The summed E-state index contributed by atoms with van der Waals surface area (Å²) in [6.07, 6.45) is 4.42. The smallest absolute Gasteiger partial charge is 0.145 e. The monoisotopic (exact) mass is 267 g/mol. The molecule has 0 saturated carbocycles. The van der Waals surface area contributed by atoms with Crippen LogP contribution in [0, 0.1) is 0 Å². The minimum Gasteiger partial charge on any atom is -0.304 e. The third-order valence-corrected chi connectivity index (χ3v) is 3.27. The SMILES string of the molecule is CCCNC(c1ccc2cccnc2c1)c1ncn[nH]1. The molecule has 0 aliphatic rings. The predicted octanol–water partition coefficient (Wildman–Crippen LogP) is 2.44. The zero-order valence-electron chi connectivity index (χ0n) is 11.4. The Bertz CT molecular complexity index is 678. The number of hydrogen-bond donors (Lipinski definition) is 2. The molecule has 1 unspecified atom stereocenters. The first-order chi connectivity index (χ1) is 9.88. The number of nitrogens with zero attached hydrogens (tertiary/aromatic N) is 3. The van der Waals surface area contributed by atoms with Crippen molar-refractivity contribution in [3.8, 4) is 0 Å². The van der Waals surface area contributed by atoms with Gasteiger partial charge in [0.15, 0.2) is 0 Å². The lowest BCUT2D eigenvalue weighted by Crippen LogP contribution is -2.24. The summed E-state index contributed by atoms with van der Waals surface area (Å²) in [7, 11) is 0. The topological polar surface area (TPSA) is 66.5 Å². The number of aromatic nitrogens is 4. The Morgan fingerprint density at radius 2 is 2.20 bits per heavy atom. The van der Waals surface area contributed by atoms with Crippen molar-refractivity contribution < 1.29 is 0 Å². The van der Waals surface area contributed by atoms with Crippen molar-refractivity contribution in [2.45, 2.75) is 19.4 Å². The molecule has 0 amide bonds. The average molecular weight is 267 g/mol. The van der Waals surface area contributed by atoms with Crippen LogP contribution in [0.2, 0.25) is 0 Å². The Morgan fingerprint density at radius 1 is 1.25 bits per heavy atom. The molecular formula is C15H17N5. The summed E-state index contributed by atoms with van der Waals surface area (Å²) in [6.45, 7) is 3.07. The molecule has 3 aromatic rings. The van der Waals surface area contributed by atoms with Gasteiger partial charge in [0.25, 0.3) is 0 Å². The molecule has 2 aromatic heterocycles. The second-order valence-corrected chi connectivity index (χ2v) is 4.71. The number of aromatic amines is 1. The number of nitrogens with one attached hydrogen (secondary N) is 2. The quantitative estimate of drug-likeness (QED) is 0.745. The van der Waals surface area contributed by atoms with Crippen molar-refractivity contribution in [2.24, 2.45) is 0 Å². The van der Waals surface area contributed by atoms with Gasteiger partial charge in [0.1, 0.15) is 12.2 Å². The Balaban J connectivity index is 1.99. The minimum atomic E-state index is 0.0175. The van der Waals surface area contributed by atoms with E-state index in [-0.39, 0.29) is 6.04 Å². The maximum Gasteiger partial charge on any atom is 0.145 e. The van der Waals surface area contributed by atoms with E-state index in [0.29, 0.717) is 0 Å². The summed E-state index contributed by atoms with van der Waals surface area (Å²) in [6, 6.07) is 10.3. The molecule has 1 aromatic carbocycles. The van der Waals surface area contributed by atoms with Gasteiger partial charge in [-0.3, -0.25) is 10.1 Å². The molecule has 0 spiro atoms. The van der Waals surface area contributed by atoms with Gasteiger partial charge in [-0.1, -0.05) is 25.1 Å². The molecule has 0 radical (unpaired) electrons. The predicted molar refractivity (Wildman–Crippen MR) is 78.3 cm³/mol. The molecule has 0 aliphatic carbocycles. The highest BCUT2D eigenvalue weighted by Gasteiger charge is 2.16. The van der Waals surface area contributed by atoms with E-state index in [1.54, 1.807) is 0 Å². The lowest BCUT2D eigenvalue weighted by atomic mass is 10.0. The molecule has 0 bridgehead atoms. The molecule has 2 heterocycles. The minimum absolute atomic E-state index is 0.0175. The molecule has 2 N–H and O–H groups in total. The van der Waals surface area contributed by atoms with Crippen LogP contribution in [0.3, 0.4) is 0 Å².